The number of ether oxygens (including phenoxy) is 1. The number of nitrogens with zero attached hydrogens (tertiary/aromatic N) is 1. The summed E-state index contributed by atoms with van der Waals surface area (Å²) in [4.78, 5) is 37.9. The molecule has 1 atom stereocenters. The standard InChI is InChI=1S/C21H23N3O4/c1-28-17-9-7-16(8-10-17)14-22-19(25)13-18-20(26)24(21(27)23-18)12-11-15-5-3-2-4-6-15/h2-10,18H,11-14H2,1H3,(H,22,25)(H,23,27). The Bertz CT molecular complexity index is 836. The summed E-state index contributed by atoms with van der Waals surface area (Å²) in [6.07, 6.45) is 0.499. The second-order valence-corrected chi connectivity index (χ2v) is 6.56. The number of imide groups is 1. The monoisotopic (exact) mass is 381 g/mol. The highest BCUT2D eigenvalue weighted by atomic mass is 16.5. The second-order valence-electron chi connectivity index (χ2n) is 6.56. The van der Waals surface area contributed by atoms with E-state index in [9.17, 15) is 14.4 Å². The summed E-state index contributed by atoms with van der Waals surface area (Å²) in [6.45, 7) is 0.633. The summed E-state index contributed by atoms with van der Waals surface area (Å²) in [5.41, 5.74) is 1.96. The molecule has 7 nitrogen and oxygen atoms in total. The zero-order valence-electron chi connectivity index (χ0n) is 15.7. The van der Waals surface area contributed by atoms with Crippen LogP contribution in [-0.2, 0) is 22.6 Å². The molecular weight excluding hydrogens is 358 g/mol. The molecule has 7 heteroatoms. The quantitative estimate of drug-likeness (QED) is 0.684. The van der Waals surface area contributed by atoms with Gasteiger partial charge in [0.25, 0.3) is 5.91 Å². The van der Waals surface area contributed by atoms with Crippen molar-refractivity contribution in [1.29, 1.82) is 0 Å². The average Bonchev–Trinajstić information content (AvgIpc) is 2.98. The van der Waals surface area contributed by atoms with Crippen LogP contribution in [0.25, 0.3) is 0 Å². The summed E-state index contributed by atoms with van der Waals surface area (Å²) in [5, 5.41) is 5.36. The number of methoxy groups -OCH3 is 1. The van der Waals surface area contributed by atoms with E-state index in [1.54, 1.807) is 7.11 Å². The average molecular weight is 381 g/mol. The predicted molar refractivity (Wildman–Crippen MR) is 104 cm³/mol. The van der Waals surface area contributed by atoms with Gasteiger partial charge in [0.15, 0.2) is 0 Å². The van der Waals surface area contributed by atoms with E-state index >= 15 is 0 Å². The minimum absolute atomic E-state index is 0.0808. The van der Waals surface area contributed by atoms with Crippen molar-refractivity contribution in [3.05, 3.63) is 65.7 Å². The van der Waals surface area contributed by atoms with Gasteiger partial charge >= 0.3 is 6.03 Å². The Labute approximate surface area is 163 Å². The fourth-order valence-corrected chi connectivity index (χ4v) is 3.01. The first-order valence-electron chi connectivity index (χ1n) is 9.12. The molecule has 0 aliphatic carbocycles. The number of hydrogen-bond acceptors (Lipinski definition) is 4. The van der Waals surface area contributed by atoms with Crippen molar-refractivity contribution >= 4 is 17.8 Å². The van der Waals surface area contributed by atoms with Gasteiger partial charge in [-0.3, -0.25) is 14.5 Å². The first kappa shape index (κ1) is 19.4. The molecular formula is C21H23N3O4. The molecule has 0 aromatic heterocycles. The zero-order chi connectivity index (χ0) is 19.9. The Morgan fingerprint density at radius 3 is 2.46 bits per heavy atom. The van der Waals surface area contributed by atoms with Crippen LogP contribution < -0.4 is 15.4 Å². The lowest BCUT2D eigenvalue weighted by Gasteiger charge is -2.13. The van der Waals surface area contributed by atoms with Crippen molar-refractivity contribution in [1.82, 2.24) is 15.5 Å². The molecule has 1 aliphatic rings. The molecule has 1 unspecified atom stereocenters. The van der Waals surface area contributed by atoms with E-state index in [0.29, 0.717) is 19.5 Å². The maximum Gasteiger partial charge on any atom is 0.324 e. The number of benzene rings is 2. The van der Waals surface area contributed by atoms with Gasteiger partial charge in [0.1, 0.15) is 11.8 Å². The van der Waals surface area contributed by atoms with Crippen LogP contribution in [0, 0.1) is 0 Å². The van der Waals surface area contributed by atoms with Gasteiger partial charge in [-0.05, 0) is 29.7 Å². The Morgan fingerprint density at radius 2 is 1.79 bits per heavy atom. The summed E-state index contributed by atoms with van der Waals surface area (Å²) in [7, 11) is 1.59. The van der Waals surface area contributed by atoms with Gasteiger partial charge in [0.2, 0.25) is 5.91 Å². The van der Waals surface area contributed by atoms with Gasteiger partial charge in [-0.2, -0.15) is 0 Å². The van der Waals surface area contributed by atoms with Gasteiger partial charge in [-0.15, -0.1) is 0 Å². The largest absolute Gasteiger partial charge is 0.497 e. The van der Waals surface area contributed by atoms with Crippen molar-refractivity contribution < 1.29 is 19.1 Å². The van der Waals surface area contributed by atoms with Crippen molar-refractivity contribution in [3.8, 4) is 5.75 Å². The van der Waals surface area contributed by atoms with Crippen LogP contribution in [0.15, 0.2) is 54.6 Å². The molecule has 2 N–H and O–H groups in total. The molecule has 146 valence electrons. The molecule has 1 saturated heterocycles. The molecule has 0 bridgehead atoms. The molecule has 1 heterocycles. The summed E-state index contributed by atoms with van der Waals surface area (Å²) in [5.74, 6) is 0.0878. The molecule has 3 rings (SSSR count). The molecule has 2 aromatic carbocycles. The number of amides is 4. The highest BCUT2D eigenvalue weighted by molar-refractivity contribution is 6.05. The zero-order valence-corrected chi connectivity index (χ0v) is 15.7. The van der Waals surface area contributed by atoms with Gasteiger partial charge in [-0.1, -0.05) is 42.5 Å². The Kier molecular flexibility index (Phi) is 6.26. The smallest absolute Gasteiger partial charge is 0.324 e. The highest BCUT2D eigenvalue weighted by Crippen LogP contribution is 2.13. The Hall–Kier alpha value is -3.35. The van der Waals surface area contributed by atoms with Crippen molar-refractivity contribution in [2.75, 3.05) is 13.7 Å². The third kappa shape index (κ3) is 4.88. The normalized spacial score (nSPS) is 16.0. The summed E-state index contributed by atoms with van der Waals surface area (Å²) in [6, 6.07) is 15.7. The fraction of sp³-hybridized carbons (Fsp3) is 0.286. The SMILES string of the molecule is COc1ccc(CNC(=O)CC2NC(=O)N(CCc3ccccc3)C2=O)cc1. The van der Waals surface area contributed by atoms with Gasteiger partial charge in [-0.25, -0.2) is 4.79 Å². The van der Waals surface area contributed by atoms with E-state index in [4.69, 9.17) is 4.74 Å². The Balaban J connectivity index is 1.47. The first-order chi connectivity index (χ1) is 13.6. The number of carbonyl (C=O) groups is 3. The molecule has 0 spiro atoms. The van der Waals surface area contributed by atoms with Crippen LogP contribution in [0.3, 0.4) is 0 Å². The topological polar surface area (TPSA) is 87.7 Å². The van der Waals surface area contributed by atoms with E-state index in [1.165, 1.54) is 4.90 Å². The van der Waals surface area contributed by atoms with Gasteiger partial charge in [0, 0.05) is 13.1 Å². The van der Waals surface area contributed by atoms with E-state index in [1.807, 2.05) is 54.6 Å². The number of nitrogens with one attached hydrogen (secondary N) is 2. The van der Waals surface area contributed by atoms with Gasteiger partial charge in [0.05, 0.1) is 13.5 Å². The van der Waals surface area contributed by atoms with Crippen molar-refractivity contribution in [3.63, 3.8) is 0 Å². The van der Waals surface area contributed by atoms with Crippen molar-refractivity contribution in [2.45, 2.75) is 25.4 Å². The molecule has 1 fully saturated rings. The van der Waals surface area contributed by atoms with Crippen LogP contribution >= 0.6 is 0 Å². The molecule has 0 radical (unpaired) electrons. The van der Waals surface area contributed by atoms with Crippen LogP contribution in [0.4, 0.5) is 4.79 Å². The minimum atomic E-state index is -0.820. The molecule has 0 saturated carbocycles. The lowest BCUT2D eigenvalue weighted by atomic mass is 10.1. The van der Waals surface area contributed by atoms with Crippen LogP contribution in [0.2, 0.25) is 0 Å². The van der Waals surface area contributed by atoms with Crippen LogP contribution in [0.1, 0.15) is 17.5 Å². The maximum atomic E-state index is 12.5. The molecule has 1 aliphatic heterocycles. The summed E-state index contributed by atoms with van der Waals surface area (Å²) < 4.78 is 5.09. The van der Waals surface area contributed by atoms with Gasteiger partial charge < -0.3 is 15.4 Å². The highest BCUT2D eigenvalue weighted by Gasteiger charge is 2.38. The molecule has 2 aromatic rings. The van der Waals surface area contributed by atoms with Crippen molar-refractivity contribution in [2.24, 2.45) is 0 Å². The maximum absolute atomic E-state index is 12.5. The second kappa shape index (κ2) is 9.03. The Morgan fingerprint density at radius 1 is 1.07 bits per heavy atom. The first-order valence-corrected chi connectivity index (χ1v) is 9.12. The van der Waals surface area contributed by atoms with E-state index in [2.05, 4.69) is 10.6 Å². The minimum Gasteiger partial charge on any atom is -0.497 e. The molecule has 28 heavy (non-hydrogen) atoms. The van der Waals surface area contributed by atoms with Crippen LogP contribution in [0.5, 0.6) is 5.75 Å². The third-order valence-corrected chi connectivity index (χ3v) is 4.61. The lowest BCUT2D eigenvalue weighted by molar-refractivity contribution is -0.130. The number of rotatable bonds is 8. The lowest BCUT2D eigenvalue weighted by Crippen LogP contribution is -2.36. The van der Waals surface area contributed by atoms with E-state index in [-0.39, 0.29) is 18.2 Å². The van der Waals surface area contributed by atoms with E-state index in [0.717, 1.165) is 16.9 Å². The molecule has 4 amide bonds. The predicted octanol–water partition coefficient (Wildman–Crippen LogP) is 1.86. The number of hydrogen-bond donors (Lipinski definition) is 2. The fourth-order valence-electron chi connectivity index (χ4n) is 3.01. The van der Waals surface area contributed by atoms with E-state index < -0.39 is 12.1 Å². The third-order valence-electron chi connectivity index (χ3n) is 4.61. The van der Waals surface area contributed by atoms with Crippen LogP contribution in [-0.4, -0.2) is 42.4 Å². The number of urea groups is 1. The number of carbonyl (C=O) groups excluding carboxylic acids is 3. The summed E-state index contributed by atoms with van der Waals surface area (Å²) >= 11 is 0.